The van der Waals surface area contributed by atoms with Crippen LogP contribution in [0.1, 0.15) is 5.69 Å². The fraction of sp³-hybridized carbons (Fsp3) is 0.167. The molecule has 0 aliphatic carbocycles. The molecular formula is C18H15F2N3O4. The van der Waals surface area contributed by atoms with E-state index < -0.39 is 10.7 Å². The molecule has 0 spiro atoms. The van der Waals surface area contributed by atoms with Gasteiger partial charge in [-0.15, -0.1) is 0 Å². The van der Waals surface area contributed by atoms with Crippen LogP contribution in [0.3, 0.4) is 0 Å². The second-order valence-electron chi connectivity index (χ2n) is 5.59. The highest BCUT2D eigenvalue weighted by molar-refractivity contribution is 5.64. The van der Waals surface area contributed by atoms with E-state index in [-0.39, 0.29) is 22.9 Å². The summed E-state index contributed by atoms with van der Waals surface area (Å²) in [4.78, 5) is 14.7. The van der Waals surface area contributed by atoms with Crippen molar-refractivity contribution in [2.24, 2.45) is 0 Å². The quantitative estimate of drug-likeness (QED) is 0.492. The summed E-state index contributed by atoms with van der Waals surface area (Å²) in [6.45, 7) is 0.297. The highest BCUT2D eigenvalue weighted by Gasteiger charge is 2.19. The zero-order valence-electron chi connectivity index (χ0n) is 14.2. The molecule has 140 valence electrons. The van der Waals surface area contributed by atoms with Gasteiger partial charge in [-0.1, -0.05) is 0 Å². The summed E-state index contributed by atoms with van der Waals surface area (Å²) in [5.41, 5.74) is 0.994. The number of anilines is 1. The molecule has 9 heteroatoms. The van der Waals surface area contributed by atoms with E-state index in [1.54, 1.807) is 12.1 Å². The van der Waals surface area contributed by atoms with E-state index in [1.165, 1.54) is 31.6 Å². The number of nitrogens with zero attached hydrogens (tertiary/aromatic N) is 2. The van der Waals surface area contributed by atoms with Crippen LogP contribution in [0.5, 0.6) is 5.75 Å². The van der Waals surface area contributed by atoms with Gasteiger partial charge in [0, 0.05) is 24.6 Å². The fourth-order valence-corrected chi connectivity index (χ4v) is 2.46. The Bertz CT molecular complexity index is 958. The van der Waals surface area contributed by atoms with Gasteiger partial charge in [-0.05, 0) is 24.3 Å². The molecule has 0 saturated carbocycles. The summed E-state index contributed by atoms with van der Waals surface area (Å²) in [6, 6.07) is 7.77. The molecule has 3 rings (SSSR count). The summed E-state index contributed by atoms with van der Waals surface area (Å²) < 4.78 is 36.9. The Morgan fingerprint density at radius 3 is 2.67 bits per heavy atom. The summed E-state index contributed by atoms with van der Waals surface area (Å²) in [7, 11) is 1.28. The van der Waals surface area contributed by atoms with Crippen LogP contribution in [0.4, 0.5) is 20.2 Å². The molecule has 0 radical (unpaired) electrons. The molecule has 0 saturated heterocycles. The standard InChI is InChI=1S/C18H15F2N3O4/c1-26-17-9-15(16(23(24)25)8-14(17)20)21-7-6-13-10-27-18(22-13)11-2-4-12(19)5-3-11/h2-5,8-10,21H,6-7H2,1H3. The van der Waals surface area contributed by atoms with E-state index in [0.717, 1.165) is 6.07 Å². The van der Waals surface area contributed by atoms with Crippen molar-refractivity contribution in [1.29, 1.82) is 0 Å². The number of methoxy groups -OCH3 is 1. The topological polar surface area (TPSA) is 90.4 Å². The maximum absolute atomic E-state index is 13.7. The predicted octanol–water partition coefficient (Wildman–Crippen LogP) is 4.19. The lowest BCUT2D eigenvalue weighted by Crippen LogP contribution is -2.08. The van der Waals surface area contributed by atoms with Crippen LogP contribution in [0.25, 0.3) is 11.5 Å². The highest BCUT2D eigenvalue weighted by Crippen LogP contribution is 2.31. The van der Waals surface area contributed by atoms with Gasteiger partial charge in [0.1, 0.15) is 17.8 Å². The molecule has 0 amide bonds. The number of hydrogen-bond donors (Lipinski definition) is 1. The number of halogens is 2. The first-order valence-electron chi connectivity index (χ1n) is 7.94. The van der Waals surface area contributed by atoms with Crippen LogP contribution < -0.4 is 10.1 Å². The van der Waals surface area contributed by atoms with Gasteiger partial charge in [-0.2, -0.15) is 0 Å². The zero-order chi connectivity index (χ0) is 19.4. The number of hydrogen-bond acceptors (Lipinski definition) is 6. The number of aromatic nitrogens is 1. The maximum atomic E-state index is 13.7. The van der Waals surface area contributed by atoms with E-state index in [9.17, 15) is 18.9 Å². The molecule has 2 aromatic carbocycles. The SMILES string of the molecule is COc1cc(NCCc2coc(-c3ccc(F)cc3)n2)c([N+](=O)[O-])cc1F. The van der Waals surface area contributed by atoms with Crippen LogP contribution in [-0.4, -0.2) is 23.6 Å². The fourth-order valence-electron chi connectivity index (χ4n) is 2.46. The average Bonchev–Trinajstić information content (AvgIpc) is 3.12. The number of nitro benzene ring substituents is 1. The second-order valence-corrected chi connectivity index (χ2v) is 5.59. The lowest BCUT2D eigenvalue weighted by molar-refractivity contribution is -0.384. The lowest BCUT2D eigenvalue weighted by Gasteiger charge is -2.09. The third-order valence-corrected chi connectivity index (χ3v) is 3.81. The highest BCUT2D eigenvalue weighted by atomic mass is 19.1. The van der Waals surface area contributed by atoms with Gasteiger partial charge >= 0.3 is 0 Å². The number of benzene rings is 2. The molecule has 0 aliphatic rings. The average molecular weight is 375 g/mol. The predicted molar refractivity (Wildman–Crippen MR) is 93.7 cm³/mol. The van der Waals surface area contributed by atoms with Gasteiger partial charge < -0.3 is 14.5 Å². The first-order valence-corrected chi connectivity index (χ1v) is 7.94. The lowest BCUT2D eigenvalue weighted by atomic mass is 10.2. The molecule has 0 fully saturated rings. The summed E-state index contributed by atoms with van der Waals surface area (Å²) in [5, 5.41) is 14.0. The van der Waals surface area contributed by atoms with Crippen molar-refractivity contribution in [2.75, 3.05) is 19.0 Å². The Labute approximate surface area is 152 Å². The second kappa shape index (κ2) is 7.81. The van der Waals surface area contributed by atoms with Crippen molar-refractivity contribution in [3.8, 4) is 17.2 Å². The number of nitro groups is 1. The van der Waals surface area contributed by atoms with Crippen LogP contribution >= 0.6 is 0 Å². The summed E-state index contributed by atoms with van der Waals surface area (Å²) in [5.74, 6) is -0.913. The number of nitrogens with one attached hydrogen (secondary N) is 1. The normalized spacial score (nSPS) is 10.6. The minimum Gasteiger partial charge on any atom is -0.494 e. The Morgan fingerprint density at radius 2 is 2.00 bits per heavy atom. The van der Waals surface area contributed by atoms with Crippen molar-refractivity contribution < 1.29 is 22.9 Å². The zero-order valence-corrected chi connectivity index (χ0v) is 14.2. The van der Waals surface area contributed by atoms with Gasteiger partial charge in [0.25, 0.3) is 5.69 Å². The van der Waals surface area contributed by atoms with Gasteiger partial charge in [-0.25, -0.2) is 13.8 Å². The Morgan fingerprint density at radius 1 is 1.26 bits per heavy atom. The van der Waals surface area contributed by atoms with Gasteiger partial charge in [-0.3, -0.25) is 10.1 Å². The molecule has 1 N–H and O–H groups in total. The van der Waals surface area contributed by atoms with E-state index in [0.29, 0.717) is 30.1 Å². The van der Waals surface area contributed by atoms with Crippen molar-refractivity contribution in [3.05, 3.63) is 70.1 Å². The number of oxazole rings is 1. The van der Waals surface area contributed by atoms with Crippen LogP contribution in [0, 0.1) is 21.7 Å². The van der Waals surface area contributed by atoms with Gasteiger partial charge in [0.05, 0.1) is 23.8 Å². The Balaban J connectivity index is 1.68. The third kappa shape index (κ3) is 4.20. The van der Waals surface area contributed by atoms with E-state index in [4.69, 9.17) is 9.15 Å². The molecule has 1 heterocycles. The smallest absolute Gasteiger partial charge is 0.295 e. The van der Waals surface area contributed by atoms with Gasteiger partial charge in [0.2, 0.25) is 5.89 Å². The largest absolute Gasteiger partial charge is 0.494 e. The molecule has 0 bridgehead atoms. The third-order valence-electron chi connectivity index (χ3n) is 3.81. The molecular weight excluding hydrogens is 360 g/mol. The van der Waals surface area contributed by atoms with E-state index in [1.807, 2.05) is 0 Å². The molecule has 0 aliphatic heterocycles. The van der Waals surface area contributed by atoms with Crippen LogP contribution in [0.2, 0.25) is 0 Å². The Hall–Kier alpha value is -3.49. The molecule has 1 aromatic heterocycles. The minimum absolute atomic E-state index is 0.0943. The van der Waals surface area contributed by atoms with Crippen LogP contribution in [-0.2, 0) is 6.42 Å². The van der Waals surface area contributed by atoms with Crippen molar-refractivity contribution >= 4 is 11.4 Å². The molecule has 0 atom stereocenters. The minimum atomic E-state index is -0.810. The van der Waals surface area contributed by atoms with Crippen molar-refractivity contribution in [3.63, 3.8) is 0 Å². The van der Waals surface area contributed by atoms with Gasteiger partial charge in [0.15, 0.2) is 11.6 Å². The molecule has 7 nitrogen and oxygen atoms in total. The maximum Gasteiger partial charge on any atom is 0.295 e. The molecule has 3 aromatic rings. The number of rotatable bonds is 7. The Kier molecular flexibility index (Phi) is 5.30. The van der Waals surface area contributed by atoms with E-state index in [2.05, 4.69) is 10.3 Å². The van der Waals surface area contributed by atoms with Crippen molar-refractivity contribution in [1.82, 2.24) is 4.98 Å². The monoisotopic (exact) mass is 375 g/mol. The summed E-state index contributed by atoms with van der Waals surface area (Å²) >= 11 is 0. The molecule has 0 unspecified atom stereocenters. The first kappa shape index (κ1) is 18.3. The molecule has 27 heavy (non-hydrogen) atoms. The van der Waals surface area contributed by atoms with Crippen molar-refractivity contribution in [2.45, 2.75) is 6.42 Å². The van der Waals surface area contributed by atoms with Crippen LogP contribution in [0.15, 0.2) is 47.1 Å². The first-order chi connectivity index (χ1) is 13.0. The van der Waals surface area contributed by atoms with E-state index >= 15 is 0 Å². The summed E-state index contributed by atoms with van der Waals surface area (Å²) in [6.07, 6.45) is 1.86. The number of ether oxygens (including phenoxy) is 1.